The van der Waals surface area contributed by atoms with Crippen molar-refractivity contribution in [2.24, 2.45) is 11.7 Å². The zero-order chi connectivity index (χ0) is 17.1. The SMILES string of the molecule is Cc1cc(C)c(NC(=O)[C@H](C)[NH+]2CCC(C(N)=O)CC2)c(C)c1. The minimum absolute atomic E-state index is 0.0319. The molecule has 1 aromatic carbocycles. The van der Waals surface area contributed by atoms with E-state index in [4.69, 9.17) is 5.73 Å². The molecule has 1 aromatic rings. The van der Waals surface area contributed by atoms with Gasteiger partial charge in [-0.2, -0.15) is 0 Å². The van der Waals surface area contributed by atoms with Crippen molar-refractivity contribution in [2.45, 2.75) is 46.6 Å². The van der Waals surface area contributed by atoms with Gasteiger partial charge in [0.05, 0.1) is 13.1 Å². The van der Waals surface area contributed by atoms with Crippen molar-refractivity contribution in [3.8, 4) is 0 Å². The lowest BCUT2D eigenvalue weighted by molar-refractivity contribution is -0.919. The van der Waals surface area contributed by atoms with Crippen molar-refractivity contribution >= 4 is 17.5 Å². The Kier molecular flexibility index (Phi) is 5.42. The first-order valence-electron chi connectivity index (χ1n) is 8.32. The number of piperidine rings is 1. The van der Waals surface area contributed by atoms with Gasteiger partial charge in [-0.05, 0) is 38.8 Å². The zero-order valence-electron chi connectivity index (χ0n) is 14.5. The number of benzene rings is 1. The van der Waals surface area contributed by atoms with Crippen LogP contribution >= 0.6 is 0 Å². The molecular formula is C18H28N3O2+. The van der Waals surface area contributed by atoms with E-state index in [9.17, 15) is 9.59 Å². The number of quaternary nitrogens is 1. The number of nitrogens with one attached hydrogen (secondary N) is 2. The molecule has 1 atom stereocenters. The molecule has 2 amide bonds. The van der Waals surface area contributed by atoms with Gasteiger partial charge >= 0.3 is 0 Å². The second-order valence-corrected chi connectivity index (χ2v) is 6.82. The van der Waals surface area contributed by atoms with Crippen molar-refractivity contribution in [2.75, 3.05) is 18.4 Å². The quantitative estimate of drug-likeness (QED) is 0.765. The first-order valence-corrected chi connectivity index (χ1v) is 8.32. The maximum Gasteiger partial charge on any atom is 0.282 e. The van der Waals surface area contributed by atoms with Crippen molar-refractivity contribution in [1.82, 2.24) is 0 Å². The summed E-state index contributed by atoms with van der Waals surface area (Å²) in [5.74, 6) is -0.213. The number of hydrogen-bond acceptors (Lipinski definition) is 2. The standard InChI is InChI=1S/C18H27N3O2/c1-11-9-12(2)16(13(3)10-11)20-18(23)14(4)21-7-5-15(6-8-21)17(19)22/h9-10,14-15H,5-8H2,1-4H3,(H2,19,22)(H,20,23)/p+1/t14-/m0/s1. The van der Waals surface area contributed by atoms with Gasteiger partial charge in [0.25, 0.3) is 5.91 Å². The monoisotopic (exact) mass is 318 g/mol. The molecule has 0 aromatic heterocycles. The van der Waals surface area contributed by atoms with Crippen LogP contribution in [0, 0.1) is 26.7 Å². The van der Waals surface area contributed by atoms with Gasteiger partial charge < -0.3 is 16.0 Å². The molecule has 1 heterocycles. The minimum atomic E-state index is -0.216. The molecule has 1 aliphatic rings. The Hall–Kier alpha value is -1.88. The molecule has 1 saturated heterocycles. The molecule has 23 heavy (non-hydrogen) atoms. The summed E-state index contributed by atoms with van der Waals surface area (Å²) >= 11 is 0. The van der Waals surface area contributed by atoms with Crippen molar-refractivity contribution in [1.29, 1.82) is 0 Å². The summed E-state index contributed by atoms with van der Waals surface area (Å²) in [4.78, 5) is 25.1. The lowest BCUT2D eigenvalue weighted by atomic mass is 9.95. The summed E-state index contributed by atoms with van der Waals surface area (Å²) in [5, 5.41) is 3.09. The largest absolute Gasteiger partial charge is 0.369 e. The second-order valence-electron chi connectivity index (χ2n) is 6.82. The number of anilines is 1. The Labute approximate surface area is 138 Å². The van der Waals surface area contributed by atoms with Gasteiger partial charge in [0, 0.05) is 24.4 Å². The van der Waals surface area contributed by atoms with Crippen molar-refractivity contribution in [3.63, 3.8) is 0 Å². The molecule has 0 saturated carbocycles. The Bertz CT molecular complexity index is 581. The first-order chi connectivity index (χ1) is 10.8. The number of primary amides is 1. The number of nitrogens with two attached hydrogens (primary N) is 1. The highest BCUT2D eigenvalue weighted by Crippen LogP contribution is 2.22. The van der Waals surface area contributed by atoms with E-state index < -0.39 is 0 Å². The fraction of sp³-hybridized carbons (Fsp3) is 0.556. The highest BCUT2D eigenvalue weighted by Gasteiger charge is 2.32. The highest BCUT2D eigenvalue weighted by molar-refractivity contribution is 5.95. The Morgan fingerprint density at radius 2 is 1.70 bits per heavy atom. The van der Waals surface area contributed by atoms with Gasteiger partial charge in [0.15, 0.2) is 6.04 Å². The van der Waals surface area contributed by atoms with Crippen molar-refractivity contribution in [3.05, 3.63) is 28.8 Å². The van der Waals surface area contributed by atoms with Gasteiger partial charge in [0.1, 0.15) is 0 Å². The van der Waals surface area contributed by atoms with E-state index in [1.807, 2.05) is 20.8 Å². The number of amides is 2. The average molecular weight is 318 g/mol. The molecule has 0 spiro atoms. The first kappa shape index (κ1) is 17.5. The van der Waals surface area contributed by atoms with E-state index in [0.717, 1.165) is 42.7 Å². The Balaban J connectivity index is 2.00. The summed E-state index contributed by atoms with van der Waals surface area (Å²) in [6.45, 7) is 9.68. The predicted molar refractivity (Wildman–Crippen MR) is 91.4 cm³/mol. The summed E-state index contributed by atoms with van der Waals surface area (Å²) in [5.41, 5.74) is 9.66. The predicted octanol–water partition coefficient (Wildman–Crippen LogP) is 0.719. The van der Waals surface area contributed by atoms with Gasteiger partial charge in [-0.3, -0.25) is 9.59 Å². The third-order valence-corrected chi connectivity index (χ3v) is 4.96. The summed E-state index contributed by atoms with van der Waals surface area (Å²) in [6.07, 6.45) is 1.54. The highest BCUT2D eigenvalue weighted by atomic mass is 16.2. The molecule has 4 N–H and O–H groups in total. The number of rotatable bonds is 4. The summed E-state index contributed by atoms with van der Waals surface area (Å²) < 4.78 is 0. The maximum absolute atomic E-state index is 12.6. The van der Waals surface area contributed by atoms with Crippen LogP contribution in [0.1, 0.15) is 36.5 Å². The van der Waals surface area contributed by atoms with E-state index in [2.05, 4.69) is 24.4 Å². The van der Waals surface area contributed by atoms with Gasteiger partial charge in [-0.25, -0.2) is 0 Å². The molecule has 2 rings (SSSR count). The van der Waals surface area contributed by atoms with E-state index >= 15 is 0 Å². The van der Waals surface area contributed by atoms with Gasteiger partial charge in [-0.15, -0.1) is 0 Å². The molecule has 1 aliphatic heterocycles. The van der Waals surface area contributed by atoms with Crippen LogP contribution in [0.3, 0.4) is 0 Å². The maximum atomic E-state index is 12.6. The van der Waals surface area contributed by atoms with E-state index in [-0.39, 0.29) is 23.8 Å². The van der Waals surface area contributed by atoms with Gasteiger partial charge in [-0.1, -0.05) is 17.7 Å². The number of carbonyl (C=O) groups excluding carboxylic acids is 2. The summed E-state index contributed by atoms with van der Waals surface area (Å²) in [6, 6.07) is 4.03. The average Bonchev–Trinajstić information content (AvgIpc) is 2.50. The van der Waals surface area contributed by atoms with Crippen LogP contribution in [0.15, 0.2) is 12.1 Å². The van der Waals surface area contributed by atoms with Gasteiger partial charge in [0.2, 0.25) is 5.91 Å². The summed E-state index contributed by atoms with van der Waals surface area (Å²) in [7, 11) is 0. The molecule has 1 fully saturated rings. The lowest BCUT2D eigenvalue weighted by Crippen LogP contribution is -3.17. The third kappa shape index (κ3) is 4.10. The molecule has 0 unspecified atom stereocenters. The smallest absolute Gasteiger partial charge is 0.282 e. The molecular weight excluding hydrogens is 290 g/mol. The van der Waals surface area contributed by atoms with E-state index in [0.29, 0.717) is 0 Å². The van der Waals surface area contributed by atoms with Crippen LogP contribution in [0.4, 0.5) is 5.69 Å². The second kappa shape index (κ2) is 7.13. The topological polar surface area (TPSA) is 76.6 Å². The number of likely N-dealkylation sites (tertiary alicyclic amines) is 1. The number of hydrogen-bond donors (Lipinski definition) is 3. The van der Waals surface area contributed by atoms with Crippen LogP contribution in [-0.4, -0.2) is 30.9 Å². The molecule has 0 radical (unpaired) electrons. The van der Waals surface area contributed by atoms with Crippen LogP contribution in [0.5, 0.6) is 0 Å². The Morgan fingerprint density at radius 3 is 2.17 bits per heavy atom. The van der Waals surface area contributed by atoms with Crippen LogP contribution in [0.2, 0.25) is 0 Å². The van der Waals surface area contributed by atoms with Crippen molar-refractivity contribution < 1.29 is 14.5 Å². The molecule has 126 valence electrons. The molecule has 5 nitrogen and oxygen atoms in total. The van der Waals surface area contributed by atoms with E-state index in [1.165, 1.54) is 10.5 Å². The third-order valence-electron chi connectivity index (χ3n) is 4.96. The number of carbonyl (C=O) groups is 2. The minimum Gasteiger partial charge on any atom is -0.369 e. The van der Waals surface area contributed by atoms with Crippen LogP contribution < -0.4 is 16.0 Å². The molecule has 0 aliphatic carbocycles. The van der Waals surface area contributed by atoms with E-state index in [1.54, 1.807) is 0 Å². The van der Waals surface area contributed by atoms with Crippen LogP contribution in [0.25, 0.3) is 0 Å². The molecule has 0 bridgehead atoms. The fourth-order valence-corrected chi connectivity index (χ4v) is 3.50. The normalized spacial score (nSPS) is 22.4. The zero-order valence-corrected chi connectivity index (χ0v) is 14.5. The number of aryl methyl sites for hydroxylation is 3. The fourth-order valence-electron chi connectivity index (χ4n) is 3.50. The molecule has 5 heteroatoms. The van der Waals surface area contributed by atoms with Crippen LogP contribution in [-0.2, 0) is 9.59 Å². The lowest BCUT2D eigenvalue weighted by Gasteiger charge is -2.31. The Morgan fingerprint density at radius 1 is 1.17 bits per heavy atom.